The average molecular weight is 244 g/mol. The van der Waals surface area contributed by atoms with Gasteiger partial charge in [-0.3, -0.25) is 4.79 Å². The molecule has 0 amide bonds. The van der Waals surface area contributed by atoms with E-state index in [-0.39, 0.29) is 12.6 Å². The van der Waals surface area contributed by atoms with Crippen LogP contribution >= 0.6 is 0 Å². The summed E-state index contributed by atoms with van der Waals surface area (Å²) in [5.74, 6) is -0.309. The summed E-state index contributed by atoms with van der Waals surface area (Å²) in [5.41, 5.74) is -1.94. The molecule has 0 aromatic heterocycles. The van der Waals surface area contributed by atoms with Crippen molar-refractivity contribution in [2.75, 3.05) is 33.0 Å². The van der Waals surface area contributed by atoms with E-state index in [0.29, 0.717) is 45.7 Å². The van der Waals surface area contributed by atoms with Crippen molar-refractivity contribution in [2.45, 2.75) is 31.8 Å². The molecule has 0 aliphatic carbocycles. The lowest BCUT2D eigenvalue weighted by Gasteiger charge is -2.44. The van der Waals surface area contributed by atoms with Crippen LogP contribution < -0.4 is 0 Å². The first kappa shape index (κ1) is 12.8. The van der Waals surface area contributed by atoms with Crippen molar-refractivity contribution < 1.29 is 24.1 Å². The molecular weight excluding hydrogens is 224 g/mol. The van der Waals surface area contributed by atoms with Gasteiger partial charge < -0.3 is 19.3 Å². The zero-order valence-corrected chi connectivity index (χ0v) is 10.2. The van der Waals surface area contributed by atoms with Crippen molar-refractivity contribution in [3.05, 3.63) is 0 Å². The molecule has 0 radical (unpaired) electrons. The number of carbonyl (C=O) groups is 1. The van der Waals surface area contributed by atoms with E-state index in [1.165, 1.54) is 0 Å². The predicted octanol–water partition coefficient (Wildman–Crippen LogP) is 0.498. The van der Waals surface area contributed by atoms with Crippen LogP contribution in [0.4, 0.5) is 0 Å². The molecule has 5 nitrogen and oxygen atoms in total. The van der Waals surface area contributed by atoms with Gasteiger partial charge in [0.1, 0.15) is 11.0 Å². The average Bonchev–Trinajstić information content (AvgIpc) is 2.79. The minimum atomic E-state index is -1.09. The Labute approximate surface area is 101 Å². The molecule has 1 atom stereocenters. The topological polar surface area (TPSA) is 65.0 Å². The van der Waals surface area contributed by atoms with Gasteiger partial charge in [-0.1, -0.05) is 0 Å². The molecule has 0 saturated carbocycles. The summed E-state index contributed by atoms with van der Waals surface area (Å²) in [6, 6.07) is 0. The maximum absolute atomic E-state index is 12.2. The summed E-state index contributed by atoms with van der Waals surface area (Å²) in [7, 11) is 0. The van der Waals surface area contributed by atoms with Gasteiger partial charge in [0, 0.05) is 26.2 Å². The quantitative estimate of drug-likeness (QED) is 0.732. The second-order valence-electron chi connectivity index (χ2n) is 4.75. The number of hydrogen-bond acceptors (Lipinski definition) is 5. The van der Waals surface area contributed by atoms with Gasteiger partial charge in [-0.25, -0.2) is 0 Å². The Hall–Kier alpha value is -0.650. The van der Waals surface area contributed by atoms with Gasteiger partial charge in [-0.2, -0.15) is 0 Å². The molecule has 0 aromatic carbocycles. The van der Waals surface area contributed by atoms with E-state index < -0.39 is 11.0 Å². The summed E-state index contributed by atoms with van der Waals surface area (Å²) >= 11 is 0. The molecule has 0 spiro atoms. The molecule has 0 aromatic rings. The lowest BCUT2D eigenvalue weighted by molar-refractivity contribution is -0.189. The molecule has 17 heavy (non-hydrogen) atoms. The fourth-order valence-electron chi connectivity index (χ4n) is 2.78. The summed E-state index contributed by atoms with van der Waals surface area (Å²) in [5, 5.41) is 10.7. The second-order valence-corrected chi connectivity index (χ2v) is 4.75. The molecule has 1 unspecified atom stereocenters. The van der Waals surface area contributed by atoms with E-state index in [9.17, 15) is 9.90 Å². The summed E-state index contributed by atoms with van der Waals surface area (Å²) in [6.07, 6.45) is 1.50. The molecule has 0 bridgehead atoms. The van der Waals surface area contributed by atoms with Crippen LogP contribution in [-0.4, -0.2) is 49.7 Å². The van der Waals surface area contributed by atoms with Gasteiger partial charge >= 0.3 is 5.97 Å². The predicted molar refractivity (Wildman–Crippen MR) is 59.5 cm³/mol. The highest BCUT2D eigenvalue weighted by Crippen LogP contribution is 2.46. The second kappa shape index (κ2) is 4.92. The molecule has 2 aliphatic rings. The van der Waals surface area contributed by atoms with Crippen LogP contribution in [0.5, 0.6) is 0 Å². The van der Waals surface area contributed by atoms with Crippen LogP contribution in [0.25, 0.3) is 0 Å². The summed E-state index contributed by atoms with van der Waals surface area (Å²) in [4.78, 5) is 12.2. The Balaban J connectivity index is 2.25. The Morgan fingerprint density at radius 1 is 1.24 bits per heavy atom. The summed E-state index contributed by atoms with van der Waals surface area (Å²) < 4.78 is 15.7. The molecule has 2 rings (SSSR count). The normalized spacial score (nSPS) is 32.4. The lowest BCUT2D eigenvalue weighted by atomic mass is 9.66. The molecule has 98 valence electrons. The Kier molecular flexibility index (Phi) is 3.70. The van der Waals surface area contributed by atoms with Crippen molar-refractivity contribution in [3.63, 3.8) is 0 Å². The van der Waals surface area contributed by atoms with E-state index in [0.717, 1.165) is 0 Å². The highest BCUT2D eigenvalue weighted by molar-refractivity contribution is 5.78. The number of ether oxygens (including phenoxy) is 3. The van der Waals surface area contributed by atoms with Crippen LogP contribution in [0.15, 0.2) is 0 Å². The fourth-order valence-corrected chi connectivity index (χ4v) is 2.78. The molecule has 1 N–H and O–H groups in total. The Bertz CT molecular complexity index is 277. The minimum Gasteiger partial charge on any atom is -0.465 e. The van der Waals surface area contributed by atoms with Gasteiger partial charge in [0.05, 0.1) is 13.2 Å². The zero-order valence-electron chi connectivity index (χ0n) is 10.2. The Morgan fingerprint density at radius 2 is 1.88 bits per heavy atom. The molecule has 2 aliphatic heterocycles. The summed E-state index contributed by atoms with van der Waals surface area (Å²) in [6.45, 7) is 3.80. The van der Waals surface area contributed by atoms with E-state index in [2.05, 4.69) is 0 Å². The molecular formula is C12H20O5. The molecule has 2 fully saturated rings. The van der Waals surface area contributed by atoms with Gasteiger partial charge in [0.2, 0.25) is 0 Å². The number of esters is 1. The standard InChI is InChI=1S/C12H20O5/c1-2-17-10(13)11(3-6-15-7-4-11)12(14)5-8-16-9-12/h14H,2-9H2,1H3. The third-order valence-corrected chi connectivity index (χ3v) is 3.90. The van der Waals surface area contributed by atoms with Crippen molar-refractivity contribution in [1.29, 1.82) is 0 Å². The lowest BCUT2D eigenvalue weighted by Crippen LogP contribution is -2.57. The largest absolute Gasteiger partial charge is 0.465 e. The maximum Gasteiger partial charge on any atom is 0.315 e. The van der Waals surface area contributed by atoms with Crippen LogP contribution in [0.3, 0.4) is 0 Å². The third-order valence-electron chi connectivity index (χ3n) is 3.90. The highest BCUT2D eigenvalue weighted by Gasteiger charge is 2.58. The number of carbonyl (C=O) groups excluding carboxylic acids is 1. The van der Waals surface area contributed by atoms with E-state index in [1.54, 1.807) is 6.92 Å². The minimum absolute atomic E-state index is 0.214. The SMILES string of the molecule is CCOC(=O)C1(C2(O)CCOC2)CCOCC1. The fraction of sp³-hybridized carbons (Fsp3) is 0.917. The van der Waals surface area contributed by atoms with Gasteiger partial charge in [-0.15, -0.1) is 0 Å². The number of aliphatic hydroxyl groups is 1. The van der Waals surface area contributed by atoms with E-state index in [4.69, 9.17) is 14.2 Å². The third kappa shape index (κ3) is 2.07. The molecule has 5 heteroatoms. The van der Waals surface area contributed by atoms with Gasteiger partial charge in [-0.05, 0) is 19.8 Å². The highest BCUT2D eigenvalue weighted by atomic mass is 16.5. The van der Waals surface area contributed by atoms with Gasteiger partial charge in [0.25, 0.3) is 0 Å². The van der Waals surface area contributed by atoms with Crippen molar-refractivity contribution in [2.24, 2.45) is 5.41 Å². The molecule has 2 heterocycles. The maximum atomic E-state index is 12.2. The first-order chi connectivity index (χ1) is 8.15. The number of hydrogen-bond donors (Lipinski definition) is 1. The first-order valence-corrected chi connectivity index (χ1v) is 6.20. The van der Waals surface area contributed by atoms with Crippen LogP contribution in [0.2, 0.25) is 0 Å². The monoisotopic (exact) mass is 244 g/mol. The van der Waals surface area contributed by atoms with Crippen LogP contribution in [0, 0.1) is 5.41 Å². The van der Waals surface area contributed by atoms with Crippen LogP contribution in [-0.2, 0) is 19.0 Å². The van der Waals surface area contributed by atoms with Gasteiger partial charge in [0.15, 0.2) is 0 Å². The smallest absolute Gasteiger partial charge is 0.315 e. The van der Waals surface area contributed by atoms with E-state index in [1.807, 2.05) is 0 Å². The van der Waals surface area contributed by atoms with E-state index >= 15 is 0 Å². The molecule has 2 saturated heterocycles. The van der Waals surface area contributed by atoms with Crippen molar-refractivity contribution in [1.82, 2.24) is 0 Å². The van der Waals surface area contributed by atoms with Crippen LogP contribution in [0.1, 0.15) is 26.2 Å². The van der Waals surface area contributed by atoms with Crippen molar-refractivity contribution >= 4 is 5.97 Å². The first-order valence-electron chi connectivity index (χ1n) is 6.20. The zero-order chi connectivity index (χ0) is 12.4. The van der Waals surface area contributed by atoms with Crippen molar-refractivity contribution in [3.8, 4) is 0 Å². The number of rotatable bonds is 3. The Morgan fingerprint density at radius 3 is 2.41 bits per heavy atom.